The molecular weight excluding hydrogens is 254 g/mol. The van der Waals surface area contributed by atoms with Gasteiger partial charge in [0.05, 0.1) is 17.4 Å². The maximum atomic E-state index is 11.8. The molecule has 1 aromatic heterocycles. The summed E-state index contributed by atoms with van der Waals surface area (Å²) in [6, 6.07) is 9.88. The van der Waals surface area contributed by atoms with E-state index in [-0.39, 0.29) is 11.6 Å². The zero-order valence-electron chi connectivity index (χ0n) is 9.20. The molecule has 0 radical (unpaired) electrons. The molecular formula is C11H9N3O3S. The number of rotatable bonds is 4. The summed E-state index contributed by atoms with van der Waals surface area (Å²) in [5, 5.41) is 12.3. The minimum Gasteiger partial charge on any atom is -0.363 e. The average Bonchev–Trinajstić information content (AvgIpc) is 2.81. The summed E-state index contributed by atoms with van der Waals surface area (Å²) in [6.07, 6.45) is 1.26. The normalized spacial score (nSPS) is 10.8. The van der Waals surface area contributed by atoms with Crippen LogP contribution in [0.4, 0.5) is 5.82 Å². The molecule has 0 aliphatic carbocycles. The Morgan fingerprint density at radius 1 is 1.33 bits per heavy atom. The third-order valence-electron chi connectivity index (χ3n) is 2.18. The van der Waals surface area contributed by atoms with Crippen LogP contribution in [-0.4, -0.2) is 13.6 Å². The minimum absolute atomic E-state index is 0.115. The summed E-state index contributed by atoms with van der Waals surface area (Å²) in [5.74, 6) is -0.173. The smallest absolute Gasteiger partial charge is 0.238 e. The van der Waals surface area contributed by atoms with Crippen molar-refractivity contribution in [2.75, 3.05) is 4.72 Å². The molecule has 6 nitrogen and oxygen atoms in total. The number of anilines is 1. The number of aromatic nitrogens is 1. The first-order valence-electron chi connectivity index (χ1n) is 4.99. The van der Waals surface area contributed by atoms with Crippen molar-refractivity contribution < 1.29 is 12.9 Å². The van der Waals surface area contributed by atoms with Crippen molar-refractivity contribution in [2.24, 2.45) is 0 Å². The van der Waals surface area contributed by atoms with Crippen molar-refractivity contribution in [1.29, 1.82) is 5.26 Å². The molecule has 0 atom stereocenters. The standard InChI is InChI=1S/C11H9N3O3S/c12-7-9-3-1-2-4-10(9)8-18(15,16)14-11-5-6-17-13-11/h1-6H,8H2,(H,13,14). The Morgan fingerprint density at radius 3 is 2.78 bits per heavy atom. The molecule has 1 heterocycles. The number of nitrogens with zero attached hydrogens (tertiary/aromatic N) is 2. The van der Waals surface area contributed by atoms with E-state index in [9.17, 15) is 8.42 Å². The predicted octanol–water partition coefficient (Wildman–Crippen LogP) is 1.49. The van der Waals surface area contributed by atoms with E-state index in [2.05, 4.69) is 14.4 Å². The maximum absolute atomic E-state index is 11.8. The highest BCUT2D eigenvalue weighted by Gasteiger charge is 2.15. The van der Waals surface area contributed by atoms with Crippen molar-refractivity contribution in [1.82, 2.24) is 5.16 Å². The lowest BCUT2D eigenvalue weighted by Gasteiger charge is -2.06. The van der Waals surface area contributed by atoms with Crippen LogP contribution in [0, 0.1) is 11.3 Å². The quantitative estimate of drug-likeness (QED) is 0.901. The predicted molar refractivity (Wildman–Crippen MR) is 63.9 cm³/mol. The van der Waals surface area contributed by atoms with Crippen LogP contribution in [0.15, 0.2) is 41.1 Å². The molecule has 0 bridgehead atoms. The largest absolute Gasteiger partial charge is 0.363 e. The molecule has 7 heteroatoms. The minimum atomic E-state index is -3.61. The van der Waals surface area contributed by atoms with Crippen molar-refractivity contribution in [3.63, 3.8) is 0 Å². The molecule has 2 aromatic rings. The molecule has 0 amide bonds. The lowest BCUT2D eigenvalue weighted by atomic mass is 10.1. The van der Waals surface area contributed by atoms with Crippen LogP contribution in [-0.2, 0) is 15.8 Å². The van der Waals surface area contributed by atoms with E-state index in [0.29, 0.717) is 11.1 Å². The zero-order valence-corrected chi connectivity index (χ0v) is 10.0. The fourth-order valence-corrected chi connectivity index (χ4v) is 2.58. The van der Waals surface area contributed by atoms with Crippen LogP contribution in [0.2, 0.25) is 0 Å². The molecule has 18 heavy (non-hydrogen) atoms. The van der Waals surface area contributed by atoms with Crippen LogP contribution in [0.25, 0.3) is 0 Å². The van der Waals surface area contributed by atoms with Gasteiger partial charge in [-0.2, -0.15) is 5.26 Å². The van der Waals surface area contributed by atoms with Crippen molar-refractivity contribution in [2.45, 2.75) is 5.75 Å². The Hall–Kier alpha value is -2.33. The molecule has 92 valence electrons. The fraction of sp³-hybridized carbons (Fsp3) is 0.0909. The highest BCUT2D eigenvalue weighted by Crippen LogP contribution is 2.13. The molecule has 0 saturated carbocycles. The second-order valence-corrected chi connectivity index (χ2v) is 5.24. The van der Waals surface area contributed by atoms with Crippen LogP contribution in [0.3, 0.4) is 0 Å². The summed E-state index contributed by atoms with van der Waals surface area (Å²) < 4.78 is 30.4. The molecule has 0 unspecified atom stereocenters. The number of nitriles is 1. The van der Waals surface area contributed by atoms with Crippen molar-refractivity contribution in [3.8, 4) is 6.07 Å². The third-order valence-corrected chi connectivity index (χ3v) is 3.39. The molecule has 0 spiro atoms. The maximum Gasteiger partial charge on any atom is 0.238 e. The second kappa shape index (κ2) is 4.89. The van der Waals surface area contributed by atoms with E-state index in [1.54, 1.807) is 24.3 Å². The van der Waals surface area contributed by atoms with Gasteiger partial charge in [0.1, 0.15) is 6.26 Å². The first-order chi connectivity index (χ1) is 8.61. The van der Waals surface area contributed by atoms with Gasteiger partial charge in [-0.1, -0.05) is 23.4 Å². The molecule has 0 fully saturated rings. The molecule has 0 saturated heterocycles. The van der Waals surface area contributed by atoms with E-state index < -0.39 is 10.0 Å². The average molecular weight is 263 g/mol. The lowest BCUT2D eigenvalue weighted by molar-refractivity contribution is 0.423. The highest BCUT2D eigenvalue weighted by molar-refractivity contribution is 7.91. The van der Waals surface area contributed by atoms with Crippen LogP contribution in [0.1, 0.15) is 11.1 Å². The summed E-state index contributed by atoms with van der Waals surface area (Å²) in [5.41, 5.74) is 0.777. The molecule has 1 N–H and O–H groups in total. The van der Waals surface area contributed by atoms with Gasteiger partial charge in [0.2, 0.25) is 10.0 Å². The van der Waals surface area contributed by atoms with Gasteiger partial charge in [0.25, 0.3) is 0 Å². The highest BCUT2D eigenvalue weighted by atomic mass is 32.2. The number of sulfonamides is 1. The van der Waals surface area contributed by atoms with Crippen LogP contribution in [0.5, 0.6) is 0 Å². The number of hydrogen-bond acceptors (Lipinski definition) is 5. The number of nitrogens with one attached hydrogen (secondary N) is 1. The van der Waals surface area contributed by atoms with Crippen LogP contribution < -0.4 is 4.72 Å². The Kier molecular flexibility index (Phi) is 3.30. The van der Waals surface area contributed by atoms with Gasteiger partial charge in [-0.05, 0) is 11.6 Å². The van der Waals surface area contributed by atoms with Gasteiger partial charge in [0, 0.05) is 6.07 Å². The Labute approximate surface area is 104 Å². The summed E-state index contributed by atoms with van der Waals surface area (Å²) in [6.45, 7) is 0. The van der Waals surface area contributed by atoms with Crippen molar-refractivity contribution in [3.05, 3.63) is 47.7 Å². The van der Waals surface area contributed by atoms with E-state index in [1.165, 1.54) is 12.3 Å². The topological polar surface area (TPSA) is 96.0 Å². The molecule has 0 aliphatic rings. The van der Waals surface area contributed by atoms with E-state index in [0.717, 1.165) is 0 Å². The lowest BCUT2D eigenvalue weighted by Crippen LogP contribution is -2.15. The first-order valence-corrected chi connectivity index (χ1v) is 6.65. The monoisotopic (exact) mass is 263 g/mol. The summed E-state index contributed by atoms with van der Waals surface area (Å²) in [7, 11) is -3.61. The molecule has 0 aliphatic heterocycles. The van der Waals surface area contributed by atoms with Gasteiger partial charge < -0.3 is 4.52 Å². The molecule has 1 aromatic carbocycles. The van der Waals surface area contributed by atoms with E-state index in [4.69, 9.17) is 5.26 Å². The Bertz CT molecular complexity index is 672. The van der Waals surface area contributed by atoms with Gasteiger partial charge in [-0.25, -0.2) is 8.42 Å². The Morgan fingerprint density at radius 2 is 2.11 bits per heavy atom. The van der Waals surface area contributed by atoms with Gasteiger partial charge in [-0.3, -0.25) is 4.72 Å². The van der Waals surface area contributed by atoms with Gasteiger partial charge in [0.15, 0.2) is 5.82 Å². The summed E-state index contributed by atoms with van der Waals surface area (Å²) in [4.78, 5) is 0. The zero-order chi connectivity index (χ0) is 13.0. The number of benzene rings is 1. The van der Waals surface area contributed by atoms with Gasteiger partial charge in [-0.15, -0.1) is 0 Å². The van der Waals surface area contributed by atoms with E-state index in [1.807, 2.05) is 6.07 Å². The van der Waals surface area contributed by atoms with Crippen LogP contribution >= 0.6 is 0 Å². The Balaban J connectivity index is 2.21. The van der Waals surface area contributed by atoms with Crippen molar-refractivity contribution >= 4 is 15.8 Å². The fourth-order valence-electron chi connectivity index (χ4n) is 1.42. The summed E-state index contributed by atoms with van der Waals surface area (Å²) >= 11 is 0. The second-order valence-electron chi connectivity index (χ2n) is 3.51. The SMILES string of the molecule is N#Cc1ccccc1CS(=O)(=O)Nc1ccon1. The van der Waals surface area contributed by atoms with E-state index >= 15 is 0 Å². The number of hydrogen-bond donors (Lipinski definition) is 1. The molecule has 2 rings (SSSR count). The third kappa shape index (κ3) is 2.87. The first kappa shape index (κ1) is 12.1. The van der Waals surface area contributed by atoms with Gasteiger partial charge >= 0.3 is 0 Å².